The van der Waals surface area contributed by atoms with Gasteiger partial charge in [-0.15, -0.1) is 0 Å². The van der Waals surface area contributed by atoms with Crippen LogP contribution in [0.25, 0.3) is 22.5 Å². The van der Waals surface area contributed by atoms with Gasteiger partial charge >= 0.3 is 0 Å². The lowest BCUT2D eigenvalue weighted by atomic mass is 10.1. The van der Waals surface area contributed by atoms with E-state index in [0.717, 1.165) is 23.2 Å². The van der Waals surface area contributed by atoms with Crippen LogP contribution < -0.4 is 0 Å². The van der Waals surface area contributed by atoms with Gasteiger partial charge in [0.05, 0.1) is 30.5 Å². The fourth-order valence-corrected chi connectivity index (χ4v) is 2.68. The lowest BCUT2D eigenvalue weighted by Crippen LogP contribution is -2.23. The average molecular weight is 367 g/mol. The van der Waals surface area contributed by atoms with Crippen LogP contribution in [0.15, 0.2) is 48.9 Å². The second-order valence-electron chi connectivity index (χ2n) is 6.43. The largest absolute Gasteiger partial charge is 0.343 e. The number of aromatic nitrogens is 4. The quantitative estimate of drug-likeness (QED) is 0.600. The summed E-state index contributed by atoms with van der Waals surface area (Å²) >= 11 is 0. The van der Waals surface area contributed by atoms with Crippen molar-refractivity contribution >= 4 is 5.91 Å². The number of unbranched alkanes of at least 4 members (excludes halogenated alkanes) is 1. The SMILES string of the molecule is CN(C)C(=O)c1cncc(-c2cccc(-c3ccn(CCCCF)n3)c2)n1. The number of rotatable bonds is 7. The summed E-state index contributed by atoms with van der Waals surface area (Å²) in [5.74, 6) is -0.187. The molecule has 0 aliphatic rings. The standard InChI is InChI=1S/C20H22FN5O/c1-25(2)20(27)19-14-22-13-18(23-19)16-7-5-6-15(12-16)17-8-11-26(24-17)10-4-3-9-21/h5-8,11-14H,3-4,9-10H2,1-2H3. The Hall–Kier alpha value is -3.09. The smallest absolute Gasteiger partial charge is 0.273 e. The molecule has 0 aliphatic heterocycles. The average Bonchev–Trinajstić information content (AvgIpc) is 3.17. The molecule has 27 heavy (non-hydrogen) atoms. The van der Waals surface area contributed by atoms with E-state index < -0.39 is 0 Å². The molecule has 0 saturated carbocycles. The van der Waals surface area contributed by atoms with E-state index in [1.165, 1.54) is 11.1 Å². The second kappa shape index (κ2) is 8.53. The normalized spacial score (nSPS) is 10.8. The van der Waals surface area contributed by atoms with E-state index in [1.54, 1.807) is 20.3 Å². The maximum absolute atomic E-state index is 12.2. The Balaban J connectivity index is 1.84. The van der Waals surface area contributed by atoms with Crippen molar-refractivity contribution in [1.29, 1.82) is 0 Å². The van der Waals surface area contributed by atoms with Crippen LogP contribution in [0.4, 0.5) is 4.39 Å². The Kier molecular flexibility index (Phi) is 5.90. The van der Waals surface area contributed by atoms with Crippen LogP contribution in [-0.4, -0.2) is 51.3 Å². The summed E-state index contributed by atoms with van der Waals surface area (Å²) in [5, 5.41) is 4.55. The minimum atomic E-state index is -0.299. The van der Waals surface area contributed by atoms with Gasteiger partial charge in [0, 0.05) is 38.0 Å². The Labute approximate surface area is 157 Å². The fraction of sp³-hybridized carbons (Fsp3) is 0.300. The van der Waals surface area contributed by atoms with Gasteiger partial charge in [-0.2, -0.15) is 5.10 Å². The van der Waals surface area contributed by atoms with Crippen LogP contribution in [0.5, 0.6) is 0 Å². The van der Waals surface area contributed by atoms with E-state index in [4.69, 9.17) is 0 Å². The molecule has 2 heterocycles. The molecule has 1 aromatic carbocycles. The van der Waals surface area contributed by atoms with Gasteiger partial charge in [-0.05, 0) is 25.0 Å². The zero-order chi connectivity index (χ0) is 19.2. The van der Waals surface area contributed by atoms with Gasteiger partial charge < -0.3 is 4.90 Å². The van der Waals surface area contributed by atoms with Crippen molar-refractivity contribution in [2.45, 2.75) is 19.4 Å². The number of carbonyl (C=O) groups excluding carboxylic acids is 1. The van der Waals surface area contributed by atoms with Crippen LogP contribution in [0.3, 0.4) is 0 Å². The number of carbonyl (C=O) groups is 1. The molecule has 7 heteroatoms. The molecule has 0 fully saturated rings. The minimum absolute atomic E-state index is 0.187. The molecule has 2 aromatic heterocycles. The number of benzene rings is 1. The number of nitrogens with zero attached hydrogens (tertiary/aromatic N) is 5. The molecule has 0 spiro atoms. The summed E-state index contributed by atoms with van der Waals surface area (Å²) in [6.07, 6.45) is 6.32. The number of amides is 1. The Bertz CT molecular complexity index is 922. The molecule has 0 unspecified atom stereocenters. The monoisotopic (exact) mass is 367 g/mol. The van der Waals surface area contributed by atoms with Gasteiger partial charge in [0.1, 0.15) is 5.69 Å². The topological polar surface area (TPSA) is 63.9 Å². The predicted octanol–water partition coefficient (Wildman–Crippen LogP) is 3.46. The minimum Gasteiger partial charge on any atom is -0.343 e. The molecule has 140 valence electrons. The van der Waals surface area contributed by atoms with E-state index in [0.29, 0.717) is 24.4 Å². The van der Waals surface area contributed by atoms with Gasteiger partial charge in [-0.1, -0.05) is 18.2 Å². The molecule has 0 bridgehead atoms. The first-order chi connectivity index (χ1) is 13.1. The number of alkyl halides is 1. The molecule has 6 nitrogen and oxygen atoms in total. The van der Waals surface area contributed by atoms with E-state index in [1.807, 2.05) is 41.2 Å². The van der Waals surface area contributed by atoms with Crippen molar-refractivity contribution in [1.82, 2.24) is 24.6 Å². The van der Waals surface area contributed by atoms with Gasteiger partial charge in [-0.25, -0.2) is 4.98 Å². The van der Waals surface area contributed by atoms with Gasteiger partial charge in [0.25, 0.3) is 5.91 Å². The van der Waals surface area contributed by atoms with Crippen molar-refractivity contribution in [2.24, 2.45) is 0 Å². The first-order valence-corrected chi connectivity index (χ1v) is 8.82. The Morgan fingerprint density at radius 3 is 2.63 bits per heavy atom. The molecule has 1 amide bonds. The molecule has 0 N–H and O–H groups in total. The van der Waals surface area contributed by atoms with E-state index in [9.17, 15) is 9.18 Å². The summed E-state index contributed by atoms with van der Waals surface area (Å²) < 4.78 is 14.1. The highest BCUT2D eigenvalue weighted by atomic mass is 19.1. The molecule has 0 radical (unpaired) electrons. The number of hydrogen-bond donors (Lipinski definition) is 0. The zero-order valence-electron chi connectivity index (χ0n) is 15.5. The van der Waals surface area contributed by atoms with Crippen LogP contribution in [0.2, 0.25) is 0 Å². The molecule has 3 rings (SSSR count). The van der Waals surface area contributed by atoms with Gasteiger partial charge in [-0.3, -0.25) is 18.9 Å². The molecule has 0 aliphatic carbocycles. The van der Waals surface area contributed by atoms with Crippen LogP contribution in [0, 0.1) is 0 Å². The molecule has 3 aromatic rings. The van der Waals surface area contributed by atoms with E-state index in [-0.39, 0.29) is 12.6 Å². The maximum Gasteiger partial charge on any atom is 0.273 e. The highest BCUT2D eigenvalue weighted by molar-refractivity contribution is 5.92. The second-order valence-corrected chi connectivity index (χ2v) is 6.43. The van der Waals surface area contributed by atoms with Crippen molar-refractivity contribution in [3.05, 3.63) is 54.6 Å². The Morgan fingerprint density at radius 1 is 1.11 bits per heavy atom. The number of halogens is 1. The first-order valence-electron chi connectivity index (χ1n) is 8.82. The maximum atomic E-state index is 12.2. The first kappa shape index (κ1) is 18.7. The molecule has 0 saturated heterocycles. The zero-order valence-corrected chi connectivity index (χ0v) is 15.5. The summed E-state index contributed by atoms with van der Waals surface area (Å²) in [6, 6.07) is 9.74. The lowest BCUT2D eigenvalue weighted by Gasteiger charge is -2.10. The van der Waals surface area contributed by atoms with Crippen molar-refractivity contribution in [2.75, 3.05) is 20.8 Å². The van der Waals surface area contributed by atoms with Gasteiger partial charge in [0.2, 0.25) is 0 Å². The number of aryl methyl sites for hydroxylation is 1. The van der Waals surface area contributed by atoms with Crippen molar-refractivity contribution < 1.29 is 9.18 Å². The van der Waals surface area contributed by atoms with Crippen LogP contribution in [0.1, 0.15) is 23.3 Å². The highest BCUT2D eigenvalue weighted by Gasteiger charge is 2.12. The highest BCUT2D eigenvalue weighted by Crippen LogP contribution is 2.24. The molecular weight excluding hydrogens is 345 g/mol. The lowest BCUT2D eigenvalue weighted by molar-refractivity contribution is 0.0821. The van der Waals surface area contributed by atoms with Crippen LogP contribution >= 0.6 is 0 Å². The molecular formula is C20H22FN5O. The van der Waals surface area contributed by atoms with E-state index in [2.05, 4.69) is 15.1 Å². The summed E-state index contributed by atoms with van der Waals surface area (Å²) in [4.78, 5) is 22.2. The van der Waals surface area contributed by atoms with Gasteiger partial charge in [0.15, 0.2) is 0 Å². The van der Waals surface area contributed by atoms with E-state index >= 15 is 0 Å². The van der Waals surface area contributed by atoms with Crippen LogP contribution in [-0.2, 0) is 6.54 Å². The summed E-state index contributed by atoms with van der Waals surface area (Å²) in [5.41, 5.74) is 3.58. The van der Waals surface area contributed by atoms with Crippen molar-refractivity contribution in [3.8, 4) is 22.5 Å². The molecule has 0 atom stereocenters. The Morgan fingerprint density at radius 2 is 1.89 bits per heavy atom. The summed E-state index contributed by atoms with van der Waals surface area (Å²) in [7, 11) is 3.36. The summed E-state index contributed by atoms with van der Waals surface area (Å²) in [6.45, 7) is 0.399. The third kappa shape index (κ3) is 4.55. The third-order valence-electron chi connectivity index (χ3n) is 4.13. The number of hydrogen-bond acceptors (Lipinski definition) is 4. The van der Waals surface area contributed by atoms with Crippen molar-refractivity contribution in [3.63, 3.8) is 0 Å². The third-order valence-corrected chi connectivity index (χ3v) is 4.13. The predicted molar refractivity (Wildman–Crippen MR) is 102 cm³/mol. The fourth-order valence-electron chi connectivity index (χ4n) is 2.68.